The van der Waals surface area contributed by atoms with Crippen LogP contribution in [0.25, 0.3) is 16.7 Å². The van der Waals surface area contributed by atoms with Gasteiger partial charge in [-0.25, -0.2) is 14.1 Å². The molecule has 2 aromatic carbocycles. The molecule has 0 amide bonds. The van der Waals surface area contributed by atoms with E-state index in [1.165, 1.54) is 22.9 Å². The molecule has 6 nitrogen and oxygen atoms in total. The van der Waals surface area contributed by atoms with Crippen LogP contribution in [0.3, 0.4) is 0 Å². The van der Waals surface area contributed by atoms with Crippen LogP contribution < -0.4 is 10.9 Å². The minimum atomic E-state index is -0.317. The molecule has 0 aliphatic carbocycles. The van der Waals surface area contributed by atoms with E-state index in [2.05, 4.69) is 10.4 Å². The first-order valence-corrected chi connectivity index (χ1v) is 8.56. The molecule has 0 bridgehead atoms. The second-order valence-corrected chi connectivity index (χ2v) is 6.35. The molecule has 1 N–H and O–H groups in total. The summed E-state index contributed by atoms with van der Waals surface area (Å²) in [5, 5.41) is 7.28. The zero-order valence-corrected chi connectivity index (χ0v) is 14.9. The molecule has 0 spiro atoms. The Labute approximate surface area is 154 Å². The molecule has 2 heterocycles. The van der Waals surface area contributed by atoms with E-state index >= 15 is 0 Å². The molecule has 27 heavy (non-hydrogen) atoms. The lowest BCUT2D eigenvalue weighted by molar-refractivity contribution is 0.629. The molecule has 0 aliphatic heterocycles. The number of fused-ring (bicyclic) bond motifs is 1. The van der Waals surface area contributed by atoms with Crippen molar-refractivity contribution in [2.24, 2.45) is 7.05 Å². The van der Waals surface area contributed by atoms with Gasteiger partial charge in [0.25, 0.3) is 5.56 Å². The fourth-order valence-electron chi connectivity index (χ4n) is 3.07. The Morgan fingerprint density at radius 1 is 1.11 bits per heavy atom. The SMILES string of the molecule is CC(Nc1cnn(C)c(=O)c1)c1nc2ccc(F)cc2n1-c1ccccc1. The van der Waals surface area contributed by atoms with Crippen molar-refractivity contribution in [1.82, 2.24) is 19.3 Å². The summed E-state index contributed by atoms with van der Waals surface area (Å²) < 4.78 is 17.1. The third kappa shape index (κ3) is 3.19. The van der Waals surface area contributed by atoms with Gasteiger partial charge in [0.15, 0.2) is 0 Å². The molecule has 2 aromatic heterocycles. The number of imidazole rings is 1. The summed E-state index contributed by atoms with van der Waals surface area (Å²) in [5.74, 6) is 0.393. The third-order valence-electron chi connectivity index (χ3n) is 4.40. The van der Waals surface area contributed by atoms with Crippen LogP contribution in [0.1, 0.15) is 18.8 Å². The van der Waals surface area contributed by atoms with Gasteiger partial charge in [-0.3, -0.25) is 9.36 Å². The van der Waals surface area contributed by atoms with Gasteiger partial charge in [-0.1, -0.05) is 18.2 Å². The van der Waals surface area contributed by atoms with Gasteiger partial charge in [-0.05, 0) is 31.2 Å². The normalized spacial score (nSPS) is 12.3. The summed E-state index contributed by atoms with van der Waals surface area (Å²) >= 11 is 0. The topological polar surface area (TPSA) is 64.7 Å². The fourth-order valence-corrected chi connectivity index (χ4v) is 3.07. The zero-order chi connectivity index (χ0) is 19.0. The van der Waals surface area contributed by atoms with Crippen LogP contribution in [0.15, 0.2) is 65.6 Å². The lowest BCUT2D eigenvalue weighted by atomic mass is 10.2. The zero-order valence-electron chi connectivity index (χ0n) is 14.9. The van der Waals surface area contributed by atoms with Gasteiger partial charge in [-0.2, -0.15) is 5.10 Å². The molecule has 4 aromatic rings. The van der Waals surface area contributed by atoms with Crippen molar-refractivity contribution in [2.45, 2.75) is 13.0 Å². The number of aromatic nitrogens is 4. The Balaban J connectivity index is 1.82. The van der Waals surface area contributed by atoms with Gasteiger partial charge in [0.05, 0.1) is 29.0 Å². The monoisotopic (exact) mass is 363 g/mol. The number of anilines is 1. The molecular weight excluding hydrogens is 345 g/mol. The first-order chi connectivity index (χ1) is 13.0. The predicted octanol–water partition coefficient (Wildman–Crippen LogP) is 3.43. The second kappa shape index (κ2) is 6.68. The van der Waals surface area contributed by atoms with Crippen LogP contribution in [-0.4, -0.2) is 19.3 Å². The van der Waals surface area contributed by atoms with E-state index in [1.807, 2.05) is 41.8 Å². The Kier molecular flexibility index (Phi) is 4.19. The lowest BCUT2D eigenvalue weighted by Crippen LogP contribution is -2.20. The van der Waals surface area contributed by atoms with Gasteiger partial charge < -0.3 is 5.32 Å². The summed E-state index contributed by atoms with van der Waals surface area (Å²) in [6.07, 6.45) is 1.59. The Hall–Kier alpha value is -3.48. The molecule has 1 atom stereocenters. The van der Waals surface area contributed by atoms with Crippen molar-refractivity contribution in [3.05, 3.63) is 82.8 Å². The van der Waals surface area contributed by atoms with E-state index in [0.717, 1.165) is 5.69 Å². The lowest BCUT2D eigenvalue weighted by Gasteiger charge is -2.17. The van der Waals surface area contributed by atoms with Crippen molar-refractivity contribution in [3.8, 4) is 5.69 Å². The predicted molar refractivity (Wildman–Crippen MR) is 103 cm³/mol. The summed E-state index contributed by atoms with van der Waals surface area (Å²) in [4.78, 5) is 16.5. The maximum atomic E-state index is 13.9. The Morgan fingerprint density at radius 3 is 2.63 bits per heavy atom. The van der Waals surface area contributed by atoms with Crippen LogP contribution in [0.4, 0.5) is 10.1 Å². The molecule has 4 rings (SSSR count). The number of hydrogen-bond acceptors (Lipinski definition) is 4. The van der Waals surface area contributed by atoms with Crippen molar-refractivity contribution in [1.29, 1.82) is 0 Å². The Bertz CT molecular complexity index is 1170. The van der Waals surface area contributed by atoms with E-state index in [-0.39, 0.29) is 17.4 Å². The fraction of sp³-hybridized carbons (Fsp3) is 0.150. The van der Waals surface area contributed by atoms with Crippen LogP contribution in [0, 0.1) is 5.82 Å². The molecule has 0 saturated heterocycles. The number of aryl methyl sites for hydroxylation is 1. The largest absolute Gasteiger partial charge is 0.374 e. The van der Waals surface area contributed by atoms with Crippen LogP contribution in [0.2, 0.25) is 0 Å². The van der Waals surface area contributed by atoms with Gasteiger partial charge in [0.1, 0.15) is 11.6 Å². The average molecular weight is 363 g/mol. The highest BCUT2D eigenvalue weighted by molar-refractivity contribution is 5.78. The first kappa shape index (κ1) is 17.0. The number of benzene rings is 2. The van der Waals surface area contributed by atoms with Crippen molar-refractivity contribution >= 4 is 16.7 Å². The van der Waals surface area contributed by atoms with E-state index in [0.29, 0.717) is 22.5 Å². The van der Waals surface area contributed by atoms with Gasteiger partial charge in [0.2, 0.25) is 0 Å². The Morgan fingerprint density at radius 2 is 1.89 bits per heavy atom. The summed E-state index contributed by atoms with van der Waals surface area (Å²) in [7, 11) is 1.60. The van der Waals surface area contributed by atoms with Crippen LogP contribution in [-0.2, 0) is 7.05 Å². The number of hydrogen-bond donors (Lipinski definition) is 1. The van der Waals surface area contributed by atoms with E-state index in [4.69, 9.17) is 4.98 Å². The first-order valence-electron chi connectivity index (χ1n) is 8.56. The molecule has 7 heteroatoms. The van der Waals surface area contributed by atoms with Gasteiger partial charge in [-0.15, -0.1) is 0 Å². The van der Waals surface area contributed by atoms with Crippen molar-refractivity contribution in [2.75, 3.05) is 5.32 Å². The minimum Gasteiger partial charge on any atom is -0.374 e. The van der Waals surface area contributed by atoms with Crippen molar-refractivity contribution < 1.29 is 4.39 Å². The molecule has 0 aliphatic rings. The van der Waals surface area contributed by atoms with Crippen molar-refractivity contribution in [3.63, 3.8) is 0 Å². The van der Waals surface area contributed by atoms with Gasteiger partial charge in [0, 0.05) is 24.9 Å². The summed E-state index contributed by atoms with van der Waals surface area (Å²) in [5.41, 5.74) is 2.67. The quantitative estimate of drug-likeness (QED) is 0.603. The number of para-hydroxylation sites is 1. The van der Waals surface area contributed by atoms with E-state index in [9.17, 15) is 9.18 Å². The van der Waals surface area contributed by atoms with Gasteiger partial charge >= 0.3 is 0 Å². The number of rotatable bonds is 4. The van der Waals surface area contributed by atoms with E-state index < -0.39 is 0 Å². The number of halogens is 1. The molecular formula is C20H18FN5O. The smallest absolute Gasteiger partial charge is 0.268 e. The second-order valence-electron chi connectivity index (χ2n) is 6.35. The highest BCUT2D eigenvalue weighted by Crippen LogP contribution is 2.27. The molecule has 0 fully saturated rings. The molecule has 1 unspecified atom stereocenters. The number of nitrogens with one attached hydrogen (secondary N) is 1. The standard InChI is InChI=1S/C20H18FN5O/c1-13(23-15-11-19(27)25(2)22-12-15)20-24-17-9-8-14(21)10-18(17)26(20)16-6-4-3-5-7-16/h3-13,23H,1-2H3. The third-order valence-corrected chi connectivity index (χ3v) is 4.40. The average Bonchev–Trinajstić information content (AvgIpc) is 3.04. The summed E-state index contributed by atoms with van der Waals surface area (Å²) in [6.45, 7) is 1.94. The highest BCUT2D eigenvalue weighted by Gasteiger charge is 2.18. The van der Waals surface area contributed by atoms with Crippen LogP contribution in [0.5, 0.6) is 0 Å². The number of nitrogens with zero attached hydrogens (tertiary/aromatic N) is 4. The maximum Gasteiger partial charge on any atom is 0.268 e. The minimum absolute atomic E-state index is 0.203. The maximum absolute atomic E-state index is 13.9. The van der Waals surface area contributed by atoms with Crippen LogP contribution >= 0.6 is 0 Å². The highest BCUT2D eigenvalue weighted by atomic mass is 19.1. The van der Waals surface area contributed by atoms with E-state index in [1.54, 1.807) is 19.3 Å². The molecule has 136 valence electrons. The molecule has 0 saturated carbocycles. The molecule has 0 radical (unpaired) electrons. The summed E-state index contributed by atoms with van der Waals surface area (Å²) in [6, 6.07) is 15.5.